The summed E-state index contributed by atoms with van der Waals surface area (Å²) in [7, 11) is -1.84. The van der Waals surface area contributed by atoms with Crippen molar-refractivity contribution in [2.24, 2.45) is 5.92 Å². The smallest absolute Gasteiger partial charge is 0.205 e. The van der Waals surface area contributed by atoms with Gasteiger partial charge in [-0.2, -0.15) is 8.42 Å². The summed E-state index contributed by atoms with van der Waals surface area (Å²) < 4.78 is 25.9. The van der Waals surface area contributed by atoms with E-state index in [9.17, 15) is 8.42 Å². The van der Waals surface area contributed by atoms with Crippen molar-refractivity contribution in [1.82, 2.24) is 9.44 Å². The minimum Gasteiger partial charge on any atom is -0.205 e. The quantitative estimate of drug-likeness (QED) is 0.602. The summed E-state index contributed by atoms with van der Waals surface area (Å²) in [6.45, 7) is 4.36. The largest absolute Gasteiger partial charge is 0.276 e. The lowest BCUT2D eigenvalue weighted by molar-refractivity contribution is 0.553. The van der Waals surface area contributed by atoms with E-state index in [1.807, 2.05) is 13.8 Å². The van der Waals surface area contributed by atoms with E-state index in [0.29, 0.717) is 12.5 Å². The predicted octanol–water partition coefficient (Wildman–Crippen LogP) is -0.304. The molecule has 0 aliphatic carbocycles. The minimum absolute atomic E-state index is 0.336. The van der Waals surface area contributed by atoms with Crippen LogP contribution < -0.4 is 9.44 Å². The molecule has 0 unspecified atom stereocenters. The first kappa shape index (κ1) is 9.87. The lowest BCUT2D eigenvalue weighted by atomic mass is 10.2. The summed E-state index contributed by atoms with van der Waals surface area (Å²) in [6.07, 6.45) is 0. The fourth-order valence-electron chi connectivity index (χ4n) is 0.349. The van der Waals surface area contributed by atoms with Crippen molar-refractivity contribution >= 4 is 10.2 Å². The van der Waals surface area contributed by atoms with E-state index in [1.54, 1.807) is 0 Å². The molecule has 4 nitrogen and oxygen atoms in total. The molecule has 0 aliphatic rings. The molecule has 0 spiro atoms. The Morgan fingerprint density at radius 2 is 1.90 bits per heavy atom. The molecule has 0 saturated carbocycles. The van der Waals surface area contributed by atoms with Crippen LogP contribution in [-0.4, -0.2) is 22.0 Å². The van der Waals surface area contributed by atoms with Gasteiger partial charge in [-0.05, 0) is 5.92 Å². The SMILES string of the molecule is CNS(=O)(=O)NCC(C)C. The van der Waals surface area contributed by atoms with Gasteiger partial charge in [-0.15, -0.1) is 0 Å². The highest BCUT2D eigenvalue weighted by molar-refractivity contribution is 7.87. The Kier molecular flexibility index (Phi) is 3.85. The lowest BCUT2D eigenvalue weighted by Gasteiger charge is -2.06. The summed E-state index contributed by atoms with van der Waals surface area (Å²) in [6, 6.07) is 0. The summed E-state index contributed by atoms with van der Waals surface area (Å²) in [5.74, 6) is 0.336. The van der Waals surface area contributed by atoms with Gasteiger partial charge in [0.1, 0.15) is 0 Å². The Hall–Kier alpha value is -0.130. The van der Waals surface area contributed by atoms with Crippen molar-refractivity contribution in [3.63, 3.8) is 0 Å². The van der Waals surface area contributed by atoms with Crippen LogP contribution in [0.15, 0.2) is 0 Å². The van der Waals surface area contributed by atoms with E-state index >= 15 is 0 Å². The van der Waals surface area contributed by atoms with Crippen LogP contribution in [0, 0.1) is 5.92 Å². The zero-order valence-electron chi connectivity index (χ0n) is 6.51. The second-order valence-corrected chi connectivity index (χ2v) is 4.15. The molecule has 0 saturated heterocycles. The Labute approximate surface area is 62.2 Å². The Morgan fingerprint density at radius 1 is 1.40 bits per heavy atom. The van der Waals surface area contributed by atoms with E-state index in [1.165, 1.54) is 7.05 Å². The van der Waals surface area contributed by atoms with Crippen LogP contribution in [0.3, 0.4) is 0 Å². The molecule has 10 heavy (non-hydrogen) atoms. The van der Waals surface area contributed by atoms with E-state index in [4.69, 9.17) is 0 Å². The van der Waals surface area contributed by atoms with Crippen molar-refractivity contribution in [1.29, 1.82) is 0 Å². The number of hydrogen-bond donors (Lipinski definition) is 2. The molecule has 62 valence electrons. The standard InChI is InChI=1S/C5H14N2O2S/c1-5(2)4-7-10(8,9)6-3/h5-7H,4H2,1-3H3. The molecule has 0 aromatic rings. The molecule has 0 radical (unpaired) electrons. The second kappa shape index (κ2) is 3.90. The van der Waals surface area contributed by atoms with Gasteiger partial charge in [-0.1, -0.05) is 13.8 Å². The molecule has 2 N–H and O–H groups in total. The highest BCUT2D eigenvalue weighted by Crippen LogP contribution is 1.87. The molecular weight excluding hydrogens is 152 g/mol. The second-order valence-electron chi connectivity index (χ2n) is 2.45. The maximum absolute atomic E-state index is 10.7. The molecule has 0 aromatic carbocycles. The van der Waals surface area contributed by atoms with E-state index in [2.05, 4.69) is 9.44 Å². The predicted molar refractivity (Wildman–Crippen MR) is 40.8 cm³/mol. The third-order valence-corrected chi connectivity index (χ3v) is 2.03. The van der Waals surface area contributed by atoms with E-state index in [0.717, 1.165) is 0 Å². The van der Waals surface area contributed by atoms with Gasteiger partial charge >= 0.3 is 0 Å². The van der Waals surface area contributed by atoms with Crippen molar-refractivity contribution in [3.05, 3.63) is 0 Å². The van der Waals surface area contributed by atoms with Crippen LogP contribution in [0.1, 0.15) is 13.8 Å². The maximum atomic E-state index is 10.7. The maximum Gasteiger partial charge on any atom is 0.276 e. The lowest BCUT2D eigenvalue weighted by Crippen LogP contribution is -2.36. The summed E-state index contributed by atoms with van der Waals surface area (Å²) >= 11 is 0. The normalized spacial score (nSPS) is 12.4. The van der Waals surface area contributed by atoms with Crippen LogP contribution in [0.5, 0.6) is 0 Å². The summed E-state index contributed by atoms with van der Waals surface area (Å²) in [5, 5.41) is 0. The molecule has 0 aliphatic heterocycles. The average molecular weight is 166 g/mol. The third-order valence-electron chi connectivity index (χ3n) is 0.950. The van der Waals surface area contributed by atoms with Gasteiger partial charge in [0.2, 0.25) is 0 Å². The molecule has 0 amide bonds. The molecular formula is C5H14N2O2S. The third kappa shape index (κ3) is 4.72. The van der Waals surface area contributed by atoms with Gasteiger partial charge in [0.25, 0.3) is 10.2 Å². The molecule has 5 heteroatoms. The van der Waals surface area contributed by atoms with Gasteiger partial charge in [-0.25, -0.2) is 9.44 Å². The number of hydrogen-bond acceptors (Lipinski definition) is 2. The first-order valence-electron chi connectivity index (χ1n) is 3.16. The fourth-order valence-corrected chi connectivity index (χ4v) is 1.05. The van der Waals surface area contributed by atoms with Crippen LogP contribution in [-0.2, 0) is 10.2 Å². The Balaban J connectivity index is 3.70. The van der Waals surface area contributed by atoms with Crippen molar-refractivity contribution < 1.29 is 8.42 Å². The molecule has 0 aromatic heterocycles. The number of rotatable bonds is 4. The topological polar surface area (TPSA) is 58.2 Å². The van der Waals surface area contributed by atoms with Crippen molar-refractivity contribution in [2.45, 2.75) is 13.8 Å². The molecule has 0 fully saturated rings. The molecule has 0 heterocycles. The zero-order valence-corrected chi connectivity index (χ0v) is 7.33. The van der Waals surface area contributed by atoms with E-state index in [-0.39, 0.29) is 0 Å². The van der Waals surface area contributed by atoms with Crippen molar-refractivity contribution in [3.8, 4) is 0 Å². The van der Waals surface area contributed by atoms with Crippen molar-refractivity contribution in [2.75, 3.05) is 13.6 Å². The summed E-state index contributed by atoms with van der Waals surface area (Å²) in [5.41, 5.74) is 0. The first-order chi connectivity index (χ1) is 4.48. The molecule has 0 rings (SSSR count). The monoisotopic (exact) mass is 166 g/mol. The van der Waals surface area contributed by atoms with Crippen LogP contribution in [0.2, 0.25) is 0 Å². The van der Waals surface area contributed by atoms with Gasteiger partial charge in [0.15, 0.2) is 0 Å². The highest BCUT2D eigenvalue weighted by atomic mass is 32.2. The molecule has 0 bridgehead atoms. The Bertz CT molecular complexity index is 174. The van der Waals surface area contributed by atoms with Gasteiger partial charge < -0.3 is 0 Å². The number of nitrogens with one attached hydrogen (secondary N) is 2. The van der Waals surface area contributed by atoms with Gasteiger partial charge in [0, 0.05) is 13.6 Å². The van der Waals surface area contributed by atoms with Gasteiger partial charge in [-0.3, -0.25) is 0 Å². The van der Waals surface area contributed by atoms with Crippen LogP contribution in [0.25, 0.3) is 0 Å². The fraction of sp³-hybridized carbons (Fsp3) is 1.00. The van der Waals surface area contributed by atoms with E-state index < -0.39 is 10.2 Å². The highest BCUT2D eigenvalue weighted by Gasteiger charge is 2.04. The summed E-state index contributed by atoms with van der Waals surface area (Å²) in [4.78, 5) is 0. The van der Waals surface area contributed by atoms with Crippen LogP contribution in [0.4, 0.5) is 0 Å². The Morgan fingerprint density at radius 3 is 2.20 bits per heavy atom. The van der Waals surface area contributed by atoms with Crippen LogP contribution >= 0.6 is 0 Å². The first-order valence-corrected chi connectivity index (χ1v) is 4.64. The average Bonchev–Trinajstić information content (AvgIpc) is 1.85. The zero-order chi connectivity index (χ0) is 8.20. The minimum atomic E-state index is -3.21. The van der Waals surface area contributed by atoms with Gasteiger partial charge in [0.05, 0.1) is 0 Å². The molecule has 0 atom stereocenters.